The van der Waals surface area contributed by atoms with Crippen LogP contribution >= 0.6 is 0 Å². The molecule has 3 aromatic rings. The predicted molar refractivity (Wildman–Crippen MR) is 103 cm³/mol. The Hall–Kier alpha value is -2.35. The molecule has 122 valence electrons. The molecule has 1 fully saturated rings. The Morgan fingerprint density at radius 2 is 1.83 bits per heavy atom. The Kier molecular flexibility index (Phi) is 4.20. The van der Waals surface area contributed by atoms with Gasteiger partial charge in [-0.25, -0.2) is 0 Å². The molecule has 4 rings (SSSR count). The van der Waals surface area contributed by atoms with Crippen LogP contribution in [-0.2, 0) is 0 Å². The van der Waals surface area contributed by atoms with Crippen LogP contribution in [0, 0.1) is 6.92 Å². The first-order chi connectivity index (χ1) is 11.8. The highest BCUT2D eigenvalue weighted by molar-refractivity contribution is 5.98. The molecule has 1 N–H and O–H groups in total. The van der Waals surface area contributed by atoms with Crippen molar-refractivity contribution in [1.82, 2.24) is 4.98 Å². The summed E-state index contributed by atoms with van der Waals surface area (Å²) >= 11 is 0. The molecule has 2 heteroatoms. The van der Waals surface area contributed by atoms with E-state index in [1.165, 1.54) is 54.3 Å². The van der Waals surface area contributed by atoms with Crippen LogP contribution in [0.25, 0.3) is 10.9 Å². The minimum Gasteiger partial charge on any atom is -0.361 e. The zero-order valence-electron chi connectivity index (χ0n) is 14.3. The fourth-order valence-corrected chi connectivity index (χ4v) is 3.95. The van der Waals surface area contributed by atoms with Gasteiger partial charge in [0.05, 0.1) is 11.2 Å². The number of benzene rings is 2. The van der Waals surface area contributed by atoms with Gasteiger partial charge in [-0.3, -0.25) is 4.99 Å². The van der Waals surface area contributed by atoms with Gasteiger partial charge in [-0.2, -0.15) is 0 Å². The lowest BCUT2D eigenvalue weighted by Crippen LogP contribution is -2.05. The van der Waals surface area contributed by atoms with Crippen LogP contribution in [0.1, 0.15) is 54.7 Å². The Labute approximate surface area is 143 Å². The van der Waals surface area contributed by atoms with Gasteiger partial charge in [-0.1, -0.05) is 55.7 Å². The number of aromatic nitrogens is 1. The summed E-state index contributed by atoms with van der Waals surface area (Å²) in [6.07, 6.45) is 10.7. The highest BCUT2D eigenvalue weighted by Crippen LogP contribution is 2.39. The van der Waals surface area contributed by atoms with Crippen LogP contribution in [0.4, 0.5) is 5.69 Å². The molecule has 0 unspecified atom stereocenters. The largest absolute Gasteiger partial charge is 0.361 e. The van der Waals surface area contributed by atoms with Crippen molar-refractivity contribution in [2.75, 3.05) is 0 Å². The second-order valence-corrected chi connectivity index (χ2v) is 6.90. The van der Waals surface area contributed by atoms with Gasteiger partial charge in [0.25, 0.3) is 0 Å². The van der Waals surface area contributed by atoms with Gasteiger partial charge >= 0.3 is 0 Å². The maximum Gasteiger partial charge on any atom is 0.0693 e. The third kappa shape index (κ3) is 2.89. The summed E-state index contributed by atoms with van der Waals surface area (Å²) in [4.78, 5) is 8.26. The molecule has 0 aliphatic heterocycles. The number of aliphatic imine (C=N–C) groups is 1. The zero-order valence-corrected chi connectivity index (χ0v) is 14.3. The van der Waals surface area contributed by atoms with E-state index in [0.717, 1.165) is 11.1 Å². The molecule has 1 aliphatic rings. The van der Waals surface area contributed by atoms with E-state index in [-0.39, 0.29) is 0 Å². The topological polar surface area (TPSA) is 28.1 Å². The molecule has 1 aromatic heterocycles. The van der Waals surface area contributed by atoms with Gasteiger partial charge in [-0.15, -0.1) is 0 Å². The van der Waals surface area contributed by atoms with E-state index in [9.17, 15) is 0 Å². The minimum atomic E-state index is 0.673. The molecule has 24 heavy (non-hydrogen) atoms. The van der Waals surface area contributed by atoms with Crippen molar-refractivity contribution in [3.8, 4) is 0 Å². The van der Waals surface area contributed by atoms with Crippen molar-refractivity contribution in [3.05, 3.63) is 65.4 Å². The summed E-state index contributed by atoms with van der Waals surface area (Å²) < 4.78 is 0. The summed E-state index contributed by atoms with van der Waals surface area (Å²) in [7, 11) is 0. The molecule has 1 aliphatic carbocycles. The number of hydrogen-bond acceptors (Lipinski definition) is 1. The molecule has 1 saturated carbocycles. The van der Waals surface area contributed by atoms with Crippen LogP contribution in [0.5, 0.6) is 0 Å². The maximum atomic E-state index is 4.94. The second-order valence-electron chi connectivity index (χ2n) is 6.90. The number of para-hydroxylation sites is 2. The number of fused-ring (bicyclic) bond motifs is 1. The van der Waals surface area contributed by atoms with Crippen molar-refractivity contribution in [3.63, 3.8) is 0 Å². The van der Waals surface area contributed by atoms with Crippen molar-refractivity contribution in [1.29, 1.82) is 0 Å². The quantitative estimate of drug-likeness (QED) is 0.551. The van der Waals surface area contributed by atoms with Crippen molar-refractivity contribution in [2.24, 2.45) is 4.99 Å². The maximum absolute atomic E-state index is 4.94. The van der Waals surface area contributed by atoms with Gasteiger partial charge in [0.15, 0.2) is 0 Å². The number of aryl methyl sites for hydroxylation is 1. The van der Waals surface area contributed by atoms with E-state index >= 15 is 0 Å². The fraction of sp³-hybridized carbons (Fsp3) is 0.318. The van der Waals surface area contributed by atoms with Gasteiger partial charge < -0.3 is 4.98 Å². The zero-order chi connectivity index (χ0) is 16.4. The van der Waals surface area contributed by atoms with Gasteiger partial charge in [0.1, 0.15) is 0 Å². The standard InChI is InChI=1S/C22H24N2/c1-16-7-5-12-20(17-8-3-2-4-9-17)21(16)24-15-19-11-6-10-18-13-14-23-22(18)19/h5-7,10-15,17,23H,2-4,8-9H2,1H3. The van der Waals surface area contributed by atoms with E-state index in [0.29, 0.717) is 5.92 Å². The Balaban J connectivity index is 1.72. The number of hydrogen-bond donors (Lipinski definition) is 1. The van der Waals surface area contributed by atoms with E-state index in [4.69, 9.17) is 4.99 Å². The molecule has 1 heterocycles. The summed E-state index contributed by atoms with van der Waals surface area (Å²) in [5.41, 5.74) is 6.19. The van der Waals surface area contributed by atoms with E-state index in [2.05, 4.69) is 54.4 Å². The van der Waals surface area contributed by atoms with E-state index in [1.54, 1.807) is 0 Å². The molecule has 2 nitrogen and oxygen atoms in total. The number of H-pyrrole nitrogens is 1. The number of nitrogens with zero attached hydrogens (tertiary/aromatic N) is 1. The highest BCUT2D eigenvalue weighted by atomic mass is 14.7. The fourth-order valence-electron chi connectivity index (χ4n) is 3.95. The third-order valence-corrected chi connectivity index (χ3v) is 5.27. The molecule has 0 spiro atoms. The smallest absolute Gasteiger partial charge is 0.0693 e. The SMILES string of the molecule is Cc1cccc(C2CCCCC2)c1N=Cc1cccc2cc[nH]c12. The molecule has 0 saturated heterocycles. The number of nitrogens with one attached hydrogen (secondary N) is 1. The summed E-state index contributed by atoms with van der Waals surface area (Å²) in [5.74, 6) is 0.673. The van der Waals surface area contributed by atoms with E-state index in [1.807, 2.05) is 12.4 Å². The summed E-state index contributed by atoms with van der Waals surface area (Å²) in [5, 5.41) is 1.23. The van der Waals surface area contributed by atoms with Crippen LogP contribution in [0.2, 0.25) is 0 Å². The first kappa shape index (κ1) is 15.2. The number of rotatable bonds is 3. The van der Waals surface area contributed by atoms with Crippen LogP contribution < -0.4 is 0 Å². The molecule has 0 atom stereocenters. The Morgan fingerprint density at radius 1 is 1.00 bits per heavy atom. The van der Waals surface area contributed by atoms with Gasteiger partial charge in [0, 0.05) is 23.4 Å². The normalized spacial score (nSPS) is 16.2. The van der Waals surface area contributed by atoms with Gasteiger partial charge in [-0.05, 0) is 42.9 Å². The van der Waals surface area contributed by atoms with Crippen LogP contribution in [-0.4, -0.2) is 11.2 Å². The molecular formula is C22H24N2. The Bertz CT molecular complexity index is 867. The lowest BCUT2D eigenvalue weighted by molar-refractivity contribution is 0.444. The lowest BCUT2D eigenvalue weighted by atomic mass is 9.83. The van der Waals surface area contributed by atoms with Crippen LogP contribution in [0.15, 0.2) is 53.7 Å². The highest BCUT2D eigenvalue weighted by Gasteiger charge is 2.19. The first-order valence-electron chi connectivity index (χ1n) is 9.02. The second kappa shape index (κ2) is 6.64. The number of aromatic amines is 1. The molecule has 0 bridgehead atoms. The first-order valence-corrected chi connectivity index (χ1v) is 9.02. The third-order valence-electron chi connectivity index (χ3n) is 5.27. The monoisotopic (exact) mass is 316 g/mol. The van der Waals surface area contributed by atoms with Gasteiger partial charge in [0.2, 0.25) is 0 Å². The summed E-state index contributed by atoms with van der Waals surface area (Å²) in [6.45, 7) is 2.17. The minimum absolute atomic E-state index is 0.673. The average Bonchev–Trinajstić information content (AvgIpc) is 3.10. The van der Waals surface area contributed by atoms with Crippen LogP contribution in [0.3, 0.4) is 0 Å². The summed E-state index contributed by atoms with van der Waals surface area (Å²) in [6, 6.07) is 15.1. The van der Waals surface area contributed by atoms with Crippen molar-refractivity contribution >= 4 is 22.8 Å². The van der Waals surface area contributed by atoms with Crippen molar-refractivity contribution in [2.45, 2.75) is 44.9 Å². The van der Waals surface area contributed by atoms with E-state index < -0.39 is 0 Å². The van der Waals surface area contributed by atoms with Crippen molar-refractivity contribution < 1.29 is 0 Å². The average molecular weight is 316 g/mol. The predicted octanol–water partition coefficient (Wildman–Crippen LogP) is 6.27. The molecule has 0 radical (unpaired) electrons. The Morgan fingerprint density at radius 3 is 2.71 bits per heavy atom. The molecule has 0 amide bonds. The lowest BCUT2D eigenvalue weighted by Gasteiger charge is -2.24. The molecule has 2 aromatic carbocycles. The molecular weight excluding hydrogens is 292 g/mol.